The average molecular weight is 182 g/mol. The van der Waals surface area contributed by atoms with Crippen molar-refractivity contribution in [3.63, 3.8) is 0 Å². The fourth-order valence-corrected chi connectivity index (χ4v) is 0.858. The van der Waals surface area contributed by atoms with E-state index in [1.54, 1.807) is 26.3 Å². The number of hydrogen-bond acceptors (Lipinski definition) is 4. The number of nitrogens with zero attached hydrogens (tertiary/aromatic N) is 1. The number of nitrogens with one attached hydrogen (secondary N) is 1. The van der Waals surface area contributed by atoms with Gasteiger partial charge in [0.2, 0.25) is 0 Å². The van der Waals surface area contributed by atoms with Crippen molar-refractivity contribution >= 4 is 5.82 Å². The van der Waals surface area contributed by atoms with Crippen LogP contribution in [0.25, 0.3) is 0 Å². The summed E-state index contributed by atoms with van der Waals surface area (Å²) in [5.41, 5.74) is 0. The number of methoxy groups -OCH3 is 1. The molecule has 0 amide bonds. The van der Waals surface area contributed by atoms with Crippen LogP contribution in [-0.4, -0.2) is 29.8 Å². The molecule has 0 aliphatic carbocycles. The minimum absolute atomic E-state index is 0.371. The Morgan fingerprint density at radius 3 is 2.85 bits per heavy atom. The fraction of sp³-hybridized carbons (Fsp3) is 0.444. The van der Waals surface area contributed by atoms with Gasteiger partial charge in [0.05, 0.1) is 19.4 Å². The van der Waals surface area contributed by atoms with Gasteiger partial charge in [0.25, 0.3) is 0 Å². The van der Waals surface area contributed by atoms with Gasteiger partial charge in [-0.1, -0.05) is 0 Å². The first-order chi connectivity index (χ1) is 6.22. The summed E-state index contributed by atoms with van der Waals surface area (Å²) in [6.45, 7) is 2.22. The van der Waals surface area contributed by atoms with Crippen LogP contribution in [0.3, 0.4) is 0 Å². The van der Waals surface area contributed by atoms with E-state index in [1.165, 1.54) is 0 Å². The van der Waals surface area contributed by atoms with Crippen molar-refractivity contribution in [1.82, 2.24) is 4.98 Å². The van der Waals surface area contributed by atoms with Crippen LogP contribution < -0.4 is 10.1 Å². The highest BCUT2D eigenvalue weighted by Crippen LogP contribution is 2.10. The molecular weight excluding hydrogens is 168 g/mol. The van der Waals surface area contributed by atoms with Crippen LogP contribution in [0.2, 0.25) is 0 Å². The van der Waals surface area contributed by atoms with Gasteiger partial charge in [0.1, 0.15) is 11.6 Å². The highest BCUT2D eigenvalue weighted by atomic mass is 16.5. The van der Waals surface area contributed by atoms with Gasteiger partial charge in [-0.2, -0.15) is 0 Å². The number of aliphatic hydroxyl groups is 1. The van der Waals surface area contributed by atoms with Gasteiger partial charge in [-0.3, -0.25) is 0 Å². The minimum atomic E-state index is -0.371. The molecule has 0 bridgehead atoms. The normalized spacial score (nSPS) is 12.2. The zero-order chi connectivity index (χ0) is 9.68. The lowest BCUT2D eigenvalue weighted by molar-refractivity contribution is 0.208. The van der Waals surface area contributed by atoms with Gasteiger partial charge in [-0.15, -0.1) is 0 Å². The quantitative estimate of drug-likeness (QED) is 0.726. The monoisotopic (exact) mass is 182 g/mol. The molecule has 72 valence electrons. The molecule has 1 rings (SSSR count). The first-order valence-corrected chi connectivity index (χ1v) is 4.14. The number of ether oxygens (including phenoxy) is 1. The van der Waals surface area contributed by atoms with Gasteiger partial charge >= 0.3 is 0 Å². The molecule has 0 saturated heterocycles. The van der Waals surface area contributed by atoms with Gasteiger partial charge in [0.15, 0.2) is 0 Å². The molecule has 4 nitrogen and oxygen atoms in total. The topological polar surface area (TPSA) is 54.4 Å². The van der Waals surface area contributed by atoms with E-state index in [0.717, 1.165) is 11.6 Å². The summed E-state index contributed by atoms with van der Waals surface area (Å²) in [6, 6.07) is 3.62. The molecule has 4 heteroatoms. The van der Waals surface area contributed by atoms with E-state index in [-0.39, 0.29) is 6.10 Å². The second-order valence-electron chi connectivity index (χ2n) is 2.81. The smallest absolute Gasteiger partial charge is 0.137 e. The number of rotatable bonds is 4. The van der Waals surface area contributed by atoms with Crippen molar-refractivity contribution in [2.24, 2.45) is 0 Å². The van der Waals surface area contributed by atoms with E-state index in [4.69, 9.17) is 9.84 Å². The molecule has 0 unspecified atom stereocenters. The van der Waals surface area contributed by atoms with Crippen molar-refractivity contribution in [3.05, 3.63) is 18.3 Å². The molecule has 0 saturated carbocycles. The zero-order valence-electron chi connectivity index (χ0n) is 7.82. The molecule has 0 radical (unpaired) electrons. The second kappa shape index (κ2) is 4.67. The molecule has 13 heavy (non-hydrogen) atoms. The Hall–Kier alpha value is -1.29. The summed E-state index contributed by atoms with van der Waals surface area (Å²) in [5.74, 6) is 1.46. The molecule has 1 heterocycles. The Labute approximate surface area is 77.6 Å². The number of hydrogen-bond donors (Lipinski definition) is 2. The van der Waals surface area contributed by atoms with Crippen molar-refractivity contribution in [2.45, 2.75) is 13.0 Å². The van der Waals surface area contributed by atoms with Crippen molar-refractivity contribution in [3.8, 4) is 5.75 Å². The maximum absolute atomic E-state index is 9.00. The summed E-state index contributed by atoms with van der Waals surface area (Å²) in [6.07, 6.45) is 1.26. The Balaban J connectivity index is 2.49. The lowest BCUT2D eigenvalue weighted by Gasteiger charge is -2.07. The molecule has 2 N–H and O–H groups in total. The van der Waals surface area contributed by atoms with Crippen LogP contribution in [0.5, 0.6) is 5.75 Å². The SMILES string of the molecule is COc1ccc(NC[C@H](C)O)nc1. The highest BCUT2D eigenvalue weighted by molar-refractivity contribution is 5.37. The van der Waals surface area contributed by atoms with Crippen LogP contribution in [0.15, 0.2) is 18.3 Å². The molecule has 1 atom stereocenters. The summed E-state index contributed by atoms with van der Waals surface area (Å²) < 4.78 is 4.96. The predicted octanol–water partition coefficient (Wildman–Crippen LogP) is 0.883. The summed E-state index contributed by atoms with van der Waals surface area (Å²) in [4.78, 5) is 4.07. The van der Waals surface area contributed by atoms with E-state index in [0.29, 0.717) is 6.54 Å². The third-order valence-corrected chi connectivity index (χ3v) is 1.55. The first kappa shape index (κ1) is 9.80. The van der Waals surface area contributed by atoms with Crippen molar-refractivity contribution < 1.29 is 9.84 Å². The van der Waals surface area contributed by atoms with Gasteiger partial charge in [-0.25, -0.2) is 4.98 Å². The Kier molecular flexibility index (Phi) is 3.52. The van der Waals surface area contributed by atoms with Crippen LogP contribution in [0, 0.1) is 0 Å². The minimum Gasteiger partial charge on any atom is -0.495 e. The molecule has 0 spiro atoms. The summed E-state index contributed by atoms with van der Waals surface area (Å²) in [7, 11) is 1.60. The van der Waals surface area contributed by atoms with Crippen molar-refractivity contribution in [1.29, 1.82) is 0 Å². The number of anilines is 1. The Bertz CT molecular complexity index is 246. The second-order valence-corrected chi connectivity index (χ2v) is 2.81. The van der Waals surface area contributed by atoms with E-state index in [2.05, 4.69) is 10.3 Å². The standard InChI is InChI=1S/C9H14N2O2/c1-7(12)5-10-9-4-3-8(13-2)6-11-9/h3-4,6-7,12H,5H2,1-2H3,(H,10,11)/t7-/m0/s1. The van der Waals surface area contributed by atoms with Crippen molar-refractivity contribution in [2.75, 3.05) is 19.0 Å². The molecule has 0 aromatic carbocycles. The Morgan fingerprint density at radius 2 is 2.38 bits per heavy atom. The maximum Gasteiger partial charge on any atom is 0.137 e. The lowest BCUT2D eigenvalue weighted by Crippen LogP contribution is -2.15. The first-order valence-electron chi connectivity index (χ1n) is 4.14. The van der Waals surface area contributed by atoms with Gasteiger partial charge in [0, 0.05) is 6.54 Å². The van der Waals surface area contributed by atoms with Gasteiger partial charge < -0.3 is 15.2 Å². The lowest BCUT2D eigenvalue weighted by atomic mass is 10.4. The Morgan fingerprint density at radius 1 is 1.62 bits per heavy atom. The predicted molar refractivity (Wildman–Crippen MR) is 51.0 cm³/mol. The highest BCUT2D eigenvalue weighted by Gasteiger charge is 1.97. The molecule has 1 aromatic rings. The largest absolute Gasteiger partial charge is 0.495 e. The van der Waals surface area contributed by atoms with E-state index in [9.17, 15) is 0 Å². The van der Waals surface area contributed by atoms with Gasteiger partial charge in [-0.05, 0) is 19.1 Å². The third kappa shape index (κ3) is 3.29. The molecular formula is C9H14N2O2. The number of aromatic nitrogens is 1. The van der Waals surface area contributed by atoms with E-state index in [1.807, 2.05) is 6.07 Å². The zero-order valence-corrected chi connectivity index (χ0v) is 7.82. The van der Waals surface area contributed by atoms with Crippen LogP contribution in [0.1, 0.15) is 6.92 Å². The average Bonchev–Trinajstić information content (AvgIpc) is 2.15. The van der Waals surface area contributed by atoms with Crippen LogP contribution in [0.4, 0.5) is 5.82 Å². The molecule has 0 aliphatic heterocycles. The molecule has 1 aromatic heterocycles. The van der Waals surface area contributed by atoms with Crippen LogP contribution in [-0.2, 0) is 0 Å². The molecule has 0 fully saturated rings. The summed E-state index contributed by atoms with van der Waals surface area (Å²) in [5, 5.41) is 12.0. The number of aliphatic hydroxyl groups excluding tert-OH is 1. The molecule has 0 aliphatic rings. The fourth-order valence-electron chi connectivity index (χ4n) is 0.858. The summed E-state index contributed by atoms with van der Waals surface area (Å²) >= 11 is 0. The number of pyridine rings is 1. The van der Waals surface area contributed by atoms with Crippen LogP contribution >= 0.6 is 0 Å². The maximum atomic E-state index is 9.00. The third-order valence-electron chi connectivity index (χ3n) is 1.55. The van der Waals surface area contributed by atoms with E-state index >= 15 is 0 Å². The van der Waals surface area contributed by atoms with E-state index < -0.39 is 0 Å².